The molecule has 0 unspecified atom stereocenters. The topological polar surface area (TPSA) is 55.6 Å². The zero-order valence-electron chi connectivity index (χ0n) is 14.9. The van der Waals surface area contributed by atoms with E-state index in [1.807, 2.05) is 78.3 Å². The number of nitrogens with one attached hydrogen (secondary N) is 1. The summed E-state index contributed by atoms with van der Waals surface area (Å²) in [7, 11) is 0. The molecule has 0 saturated heterocycles. The van der Waals surface area contributed by atoms with Crippen molar-refractivity contribution in [1.82, 2.24) is 9.38 Å². The highest BCUT2D eigenvalue weighted by Gasteiger charge is 2.12. The van der Waals surface area contributed by atoms with E-state index in [0.717, 1.165) is 16.9 Å². The molecule has 27 heavy (non-hydrogen) atoms. The standard InChI is InChI=1S/C22H19N3O2/c1-2-27-20-11-7-6-10-18(20)24-22(26)17-12-13-25-15-19(23-21(25)14-17)16-8-4-3-5-9-16/h3-15H,2H2,1H3,(H,24,26). The van der Waals surface area contributed by atoms with E-state index in [1.54, 1.807) is 12.1 Å². The number of carbonyl (C=O) groups is 1. The number of rotatable bonds is 5. The van der Waals surface area contributed by atoms with E-state index in [2.05, 4.69) is 10.3 Å². The van der Waals surface area contributed by atoms with Crippen LogP contribution in [-0.2, 0) is 0 Å². The molecule has 2 aromatic heterocycles. The van der Waals surface area contributed by atoms with Crippen LogP contribution in [0.3, 0.4) is 0 Å². The Morgan fingerprint density at radius 3 is 2.67 bits per heavy atom. The van der Waals surface area contributed by atoms with Crippen molar-refractivity contribution in [2.24, 2.45) is 0 Å². The fraction of sp³-hybridized carbons (Fsp3) is 0.0909. The second-order valence-corrected chi connectivity index (χ2v) is 6.06. The maximum absolute atomic E-state index is 12.7. The lowest BCUT2D eigenvalue weighted by Gasteiger charge is -2.11. The quantitative estimate of drug-likeness (QED) is 0.565. The van der Waals surface area contributed by atoms with Crippen LogP contribution in [0, 0.1) is 0 Å². The van der Waals surface area contributed by atoms with E-state index in [9.17, 15) is 4.79 Å². The lowest BCUT2D eigenvalue weighted by Crippen LogP contribution is -2.13. The fourth-order valence-corrected chi connectivity index (χ4v) is 2.92. The van der Waals surface area contributed by atoms with Crippen molar-refractivity contribution in [3.63, 3.8) is 0 Å². The maximum Gasteiger partial charge on any atom is 0.255 e. The fourth-order valence-electron chi connectivity index (χ4n) is 2.92. The van der Waals surface area contributed by atoms with Gasteiger partial charge in [0, 0.05) is 23.5 Å². The van der Waals surface area contributed by atoms with Gasteiger partial charge in [0.15, 0.2) is 0 Å². The number of benzene rings is 2. The average Bonchev–Trinajstić information content (AvgIpc) is 3.14. The molecule has 2 heterocycles. The highest BCUT2D eigenvalue weighted by Crippen LogP contribution is 2.25. The average molecular weight is 357 g/mol. The first kappa shape index (κ1) is 16.8. The van der Waals surface area contributed by atoms with E-state index in [0.29, 0.717) is 23.6 Å². The number of hydrogen-bond donors (Lipinski definition) is 1. The number of aromatic nitrogens is 2. The second kappa shape index (κ2) is 7.33. The first-order valence-corrected chi connectivity index (χ1v) is 8.82. The molecule has 0 aliphatic heterocycles. The minimum absolute atomic E-state index is 0.200. The van der Waals surface area contributed by atoms with Crippen LogP contribution >= 0.6 is 0 Å². The number of fused-ring (bicyclic) bond motifs is 1. The van der Waals surface area contributed by atoms with Crippen LogP contribution in [0.1, 0.15) is 17.3 Å². The zero-order valence-corrected chi connectivity index (χ0v) is 14.9. The summed E-state index contributed by atoms with van der Waals surface area (Å²) in [5.74, 6) is 0.454. The van der Waals surface area contributed by atoms with Crippen LogP contribution < -0.4 is 10.1 Å². The number of ether oxygens (including phenoxy) is 1. The van der Waals surface area contributed by atoms with Crippen LogP contribution in [0.15, 0.2) is 79.1 Å². The Labute approximate surface area is 157 Å². The summed E-state index contributed by atoms with van der Waals surface area (Å²) in [6.07, 6.45) is 3.80. The zero-order chi connectivity index (χ0) is 18.6. The predicted octanol–water partition coefficient (Wildman–Crippen LogP) is 4.65. The summed E-state index contributed by atoms with van der Waals surface area (Å²) in [5.41, 5.74) is 3.82. The van der Waals surface area contributed by atoms with Crippen LogP contribution in [-0.4, -0.2) is 21.9 Å². The van der Waals surface area contributed by atoms with Crippen molar-refractivity contribution >= 4 is 17.2 Å². The van der Waals surface area contributed by atoms with E-state index >= 15 is 0 Å². The number of para-hydroxylation sites is 2. The second-order valence-electron chi connectivity index (χ2n) is 6.06. The van der Waals surface area contributed by atoms with Crippen molar-refractivity contribution in [2.75, 3.05) is 11.9 Å². The molecule has 134 valence electrons. The number of imidazole rings is 1. The van der Waals surface area contributed by atoms with Gasteiger partial charge in [-0.15, -0.1) is 0 Å². The number of carbonyl (C=O) groups excluding carboxylic acids is 1. The van der Waals surface area contributed by atoms with Gasteiger partial charge in [-0.25, -0.2) is 4.98 Å². The summed E-state index contributed by atoms with van der Waals surface area (Å²) in [4.78, 5) is 17.3. The van der Waals surface area contributed by atoms with Crippen LogP contribution in [0.4, 0.5) is 5.69 Å². The molecule has 1 N–H and O–H groups in total. The van der Waals surface area contributed by atoms with Gasteiger partial charge in [0.1, 0.15) is 11.4 Å². The van der Waals surface area contributed by atoms with Crippen molar-refractivity contribution in [3.8, 4) is 17.0 Å². The Hall–Kier alpha value is -3.60. The van der Waals surface area contributed by atoms with Gasteiger partial charge in [-0.3, -0.25) is 4.79 Å². The summed E-state index contributed by atoms with van der Waals surface area (Å²) in [5, 5.41) is 2.91. The van der Waals surface area contributed by atoms with Gasteiger partial charge in [-0.1, -0.05) is 42.5 Å². The molecule has 0 atom stereocenters. The van der Waals surface area contributed by atoms with E-state index in [1.165, 1.54) is 0 Å². The van der Waals surface area contributed by atoms with Gasteiger partial charge in [-0.05, 0) is 31.2 Å². The maximum atomic E-state index is 12.7. The van der Waals surface area contributed by atoms with Gasteiger partial charge in [-0.2, -0.15) is 0 Å². The molecule has 1 amide bonds. The van der Waals surface area contributed by atoms with Crippen molar-refractivity contribution < 1.29 is 9.53 Å². The largest absolute Gasteiger partial charge is 0.492 e. The molecule has 0 radical (unpaired) electrons. The molecule has 2 aromatic carbocycles. The van der Waals surface area contributed by atoms with Crippen molar-refractivity contribution in [3.05, 3.63) is 84.7 Å². The van der Waals surface area contributed by atoms with Gasteiger partial charge >= 0.3 is 0 Å². The molecule has 4 rings (SSSR count). The normalized spacial score (nSPS) is 10.7. The van der Waals surface area contributed by atoms with Crippen LogP contribution in [0.2, 0.25) is 0 Å². The monoisotopic (exact) mass is 357 g/mol. The molecule has 0 bridgehead atoms. The SMILES string of the molecule is CCOc1ccccc1NC(=O)c1ccn2cc(-c3ccccc3)nc2c1. The van der Waals surface area contributed by atoms with Crippen molar-refractivity contribution in [2.45, 2.75) is 6.92 Å². The molecule has 0 aliphatic rings. The van der Waals surface area contributed by atoms with E-state index < -0.39 is 0 Å². The molecule has 0 fully saturated rings. The van der Waals surface area contributed by atoms with Crippen LogP contribution in [0.25, 0.3) is 16.9 Å². The number of pyridine rings is 1. The predicted molar refractivity (Wildman–Crippen MR) is 106 cm³/mol. The molecule has 5 nitrogen and oxygen atoms in total. The van der Waals surface area contributed by atoms with E-state index in [-0.39, 0.29) is 5.91 Å². The lowest BCUT2D eigenvalue weighted by atomic mass is 10.2. The Morgan fingerprint density at radius 2 is 1.85 bits per heavy atom. The molecule has 4 aromatic rings. The minimum Gasteiger partial charge on any atom is -0.492 e. The number of hydrogen-bond acceptors (Lipinski definition) is 3. The smallest absolute Gasteiger partial charge is 0.255 e. The molecular formula is C22H19N3O2. The highest BCUT2D eigenvalue weighted by atomic mass is 16.5. The Morgan fingerprint density at radius 1 is 1.07 bits per heavy atom. The summed E-state index contributed by atoms with van der Waals surface area (Å²) in [6.45, 7) is 2.45. The lowest BCUT2D eigenvalue weighted by molar-refractivity contribution is 0.102. The van der Waals surface area contributed by atoms with Gasteiger partial charge in [0.25, 0.3) is 5.91 Å². The van der Waals surface area contributed by atoms with Gasteiger partial charge in [0.05, 0.1) is 18.0 Å². The van der Waals surface area contributed by atoms with Crippen molar-refractivity contribution in [1.29, 1.82) is 0 Å². The Balaban J connectivity index is 1.61. The summed E-state index contributed by atoms with van der Waals surface area (Å²) >= 11 is 0. The molecular weight excluding hydrogens is 338 g/mol. The van der Waals surface area contributed by atoms with Gasteiger partial charge < -0.3 is 14.5 Å². The highest BCUT2D eigenvalue weighted by molar-refractivity contribution is 6.05. The first-order chi connectivity index (χ1) is 13.2. The first-order valence-electron chi connectivity index (χ1n) is 8.82. The molecule has 5 heteroatoms. The minimum atomic E-state index is -0.200. The van der Waals surface area contributed by atoms with E-state index in [4.69, 9.17) is 4.74 Å². The number of nitrogens with zero attached hydrogens (tertiary/aromatic N) is 2. The molecule has 0 aliphatic carbocycles. The van der Waals surface area contributed by atoms with Crippen LogP contribution in [0.5, 0.6) is 5.75 Å². The summed E-state index contributed by atoms with van der Waals surface area (Å²) < 4.78 is 7.48. The third kappa shape index (κ3) is 3.53. The van der Waals surface area contributed by atoms with Gasteiger partial charge in [0.2, 0.25) is 0 Å². The number of amides is 1. The third-order valence-electron chi connectivity index (χ3n) is 4.23. The Kier molecular flexibility index (Phi) is 4.58. The summed E-state index contributed by atoms with van der Waals surface area (Å²) in [6, 6.07) is 20.9. The third-order valence-corrected chi connectivity index (χ3v) is 4.23. The number of anilines is 1. The Bertz CT molecular complexity index is 1090. The molecule has 0 spiro atoms. The molecule has 0 saturated carbocycles.